The number of halogens is 1. The number of hydrogen-bond acceptors (Lipinski definition) is 7. The second kappa shape index (κ2) is 10.5. The number of carbonyl (C=O) groups is 4. The zero-order valence-electron chi connectivity index (χ0n) is 19.1. The van der Waals surface area contributed by atoms with E-state index in [1.54, 1.807) is 30.9 Å². The average molecular weight is 464 g/mol. The van der Waals surface area contributed by atoms with Crippen molar-refractivity contribution in [2.45, 2.75) is 33.3 Å². The fourth-order valence-electron chi connectivity index (χ4n) is 3.88. The number of carbonyl (C=O) groups excluding carboxylic acids is 4. The van der Waals surface area contributed by atoms with E-state index in [9.17, 15) is 23.6 Å². The number of benzene rings is 1. The van der Waals surface area contributed by atoms with Crippen LogP contribution in [0.25, 0.3) is 0 Å². The SMILES string of the molecule is CCOC(=O)N(C[C@H]1CN(c2ccc(N3CCN(C(C)=O)CC3)c(F)c2)C(=O)O1)C(=O)CC. The summed E-state index contributed by atoms with van der Waals surface area (Å²) in [4.78, 5) is 53.9. The van der Waals surface area contributed by atoms with E-state index in [2.05, 4.69) is 0 Å². The molecule has 1 aromatic rings. The molecule has 0 aromatic heterocycles. The summed E-state index contributed by atoms with van der Waals surface area (Å²) in [7, 11) is 0. The predicted molar refractivity (Wildman–Crippen MR) is 118 cm³/mol. The Morgan fingerprint density at radius 1 is 1.18 bits per heavy atom. The number of ether oxygens (including phenoxy) is 2. The van der Waals surface area contributed by atoms with Crippen LogP contribution in [-0.2, 0) is 19.1 Å². The van der Waals surface area contributed by atoms with Gasteiger partial charge in [-0.15, -0.1) is 0 Å². The van der Waals surface area contributed by atoms with Crippen molar-refractivity contribution in [3.63, 3.8) is 0 Å². The summed E-state index contributed by atoms with van der Waals surface area (Å²) in [6.07, 6.45) is -2.15. The molecule has 2 heterocycles. The molecular weight excluding hydrogens is 435 g/mol. The van der Waals surface area contributed by atoms with Crippen molar-refractivity contribution < 1.29 is 33.0 Å². The van der Waals surface area contributed by atoms with Crippen molar-refractivity contribution in [2.24, 2.45) is 0 Å². The topological polar surface area (TPSA) is 99.7 Å². The maximum Gasteiger partial charge on any atom is 0.416 e. The minimum absolute atomic E-state index is 0.00488. The van der Waals surface area contributed by atoms with Crippen LogP contribution >= 0.6 is 0 Å². The van der Waals surface area contributed by atoms with Gasteiger partial charge in [0.2, 0.25) is 11.8 Å². The third-order valence-corrected chi connectivity index (χ3v) is 5.66. The summed E-state index contributed by atoms with van der Waals surface area (Å²) in [5.74, 6) is -0.938. The maximum absolute atomic E-state index is 14.9. The molecule has 33 heavy (non-hydrogen) atoms. The lowest BCUT2D eigenvalue weighted by Gasteiger charge is -2.35. The van der Waals surface area contributed by atoms with Crippen LogP contribution in [0.2, 0.25) is 0 Å². The van der Waals surface area contributed by atoms with Crippen molar-refractivity contribution >= 4 is 35.4 Å². The maximum atomic E-state index is 14.9. The first-order chi connectivity index (χ1) is 15.7. The van der Waals surface area contributed by atoms with Crippen LogP contribution in [0.4, 0.5) is 25.4 Å². The lowest BCUT2D eigenvalue weighted by atomic mass is 10.2. The fourth-order valence-corrected chi connectivity index (χ4v) is 3.88. The average Bonchev–Trinajstić information content (AvgIpc) is 3.17. The first-order valence-corrected chi connectivity index (χ1v) is 11.0. The van der Waals surface area contributed by atoms with Crippen LogP contribution in [0, 0.1) is 5.82 Å². The van der Waals surface area contributed by atoms with Crippen LogP contribution in [0.3, 0.4) is 0 Å². The lowest BCUT2D eigenvalue weighted by Crippen LogP contribution is -2.48. The van der Waals surface area contributed by atoms with Crippen LogP contribution in [0.1, 0.15) is 27.2 Å². The summed E-state index contributed by atoms with van der Waals surface area (Å²) < 4.78 is 25.1. The molecule has 0 radical (unpaired) electrons. The quantitative estimate of drug-likeness (QED) is 0.636. The van der Waals surface area contributed by atoms with Gasteiger partial charge in [-0.05, 0) is 25.1 Å². The monoisotopic (exact) mass is 464 g/mol. The molecule has 2 saturated heterocycles. The lowest BCUT2D eigenvalue weighted by molar-refractivity contribution is -0.130. The molecule has 2 aliphatic rings. The Bertz CT molecular complexity index is 918. The molecule has 2 aliphatic heterocycles. The molecule has 4 amide bonds. The molecule has 0 aliphatic carbocycles. The van der Waals surface area contributed by atoms with E-state index in [0.29, 0.717) is 37.6 Å². The number of piperazine rings is 1. The highest BCUT2D eigenvalue weighted by molar-refractivity contribution is 5.93. The number of nitrogens with zero attached hydrogens (tertiary/aromatic N) is 4. The first kappa shape index (κ1) is 24.3. The van der Waals surface area contributed by atoms with E-state index in [1.165, 1.54) is 17.9 Å². The molecule has 1 atom stereocenters. The number of amides is 4. The molecule has 0 saturated carbocycles. The van der Waals surface area contributed by atoms with Crippen LogP contribution in [-0.4, -0.2) is 85.8 Å². The number of anilines is 2. The molecule has 0 unspecified atom stereocenters. The van der Waals surface area contributed by atoms with Crippen molar-refractivity contribution in [1.29, 1.82) is 0 Å². The second-order valence-electron chi connectivity index (χ2n) is 7.80. The van der Waals surface area contributed by atoms with Gasteiger partial charge in [0, 0.05) is 39.5 Å². The molecule has 0 spiro atoms. The highest BCUT2D eigenvalue weighted by Gasteiger charge is 2.36. The Labute approximate surface area is 191 Å². The minimum Gasteiger partial charge on any atom is -0.449 e. The molecule has 180 valence electrons. The third-order valence-electron chi connectivity index (χ3n) is 5.66. The number of rotatable bonds is 6. The summed E-state index contributed by atoms with van der Waals surface area (Å²) >= 11 is 0. The van der Waals surface area contributed by atoms with E-state index in [-0.39, 0.29) is 32.0 Å². The van der Waals surface area contributed by atoms with Crippen molar-refractivity contribution in [3.8, 4) is 0 Å². The van der Waals surface area contributed by atoms with Gasteiger partial charge >= 0.3 is 12.2 Å². The summed E-state index contributed by atoms with van der Waals surface area (Å²) in [5.41, 5.74) is 0.712. The Kier molecular flexibility index (Phi) is 7.72. The number of imide groups is 1. The van der Waals surface area contributed by atoms with Gasteiger partial charge in [-0.2, -0.15) is 0 Å². The highest BCUT2D eigenvalue weighted by Crippen LogP contribution is 2.29. The smallest absolute Gasteiger partial charge is 0.416 e. The van der Waals surface area contributed by atoms with E-state index >= 15 is 0 Å². The van der Waals surface area contributed by atoms with Crippen molar-refractivity contribution in [1.82, 2.24) is 9.80 Å². The third kappa shape index (κ3) is 5.52. The Hall–Kier alpha value is -3.37. The summed E-state index contributed by atoms with van der Waals surface area (Å²) in [6, 6.07) is 4.48. The summed E-state index contributed by atoms with van der Waals surface area (Å²) in [5, 5.41) is 0. The van der Waals surface area contributed by atoms with Gasteiger partial charge < -0.3 is 19.3 Å². The Morgan fingerprint density at radius 2 is 1.88 bits per heavy atom. The van der Waals surface area contributed by atoms with E-state index in [4.69, 9.17) is 9.47 Å². The Morgan fingerprint density at radius 3 is 2.45 bits per heavy atom. The predicted octanol–water partition coefficient (Wildman–Crippen LogP) is 2.21. The molecule has 11 heteroatoms. The first-order valence-electron chi connectivity index (χ1n) is 11.0. The van der Waals surface area contributed by atoms with E-state index in [0.717, 1.165) is 4.90 Å². The van der Waals surface area contributed by atoms with E-state index < -0.39 is 30.0 Å². The molecule has 0 bridgehead atoms. The van der Waals surface area contributed by atoms with Gasteiger partial charge in [-0.1, -0.05) is 6.92 Å². The van der Waals surface area contributed by atoms with Crippen LogP contribution in [0.15, 0.2) is 18.2 Å². The van der Waals surface area contributed by atoms with Gasteiger partial charge in [-0.25, -0.2) is 18.9 Å². The second-order valence-corrected chi connectivity index (χ2v) is 7.80. The summed E-state index contributed by atoms with van der Waals surface area (Å²) in [6.45, 7) is 6.84. The zero-order chi connectivity index (χ0) is 24.1. The van der Waals surface area contributed by atoms with Gasteiger partial charge in [0.25, 0.3) is 0 Å². The number of hydrogen-bond donors (Lipinski definition) is 0. The minimum atomic E-state index is -0.792. The number of cyclic esters (lactones) is 1. The normalized spacial score (nSPS) is 18.2. The Balaban J connectivity index is 1.67. The molecule has 2 fully saturated rings. The fraction of sp³-hybridized carbons (Fsp3) is 0.545. The largest absolute Gasteiger partial charge is 0.449 e. The molecule has 10 nitrogen and oxygen atoms in total. The van der Waals surface area contributed by atoms with E-state index in [1.807, 2.05) is 4.90 Å². The van der Waals surface area contributed by atoms with Crippen molar-refractivity contribution in [3.05, 3.63) is 24.0 Å². The van der Waals surface area contributed by atoms with Crippen molar-refractivity contribution in [2.75, 3.05) is 55.7 Å². The molecule has 3 rings (SSSR count). The molecular formula is C22H29FN4O6. The van der Waals surface area contributed by atoms with Crippen LogP contribution in [0.5, 0.6) is 0 Å². The molecule has 0 N–H and O–H groups in total. The standard InChI is InChI=1S/C22H29FN4O6/c1-4-20(29)27(21(30)32-5-2)14-17-13-26(22(31)33-17)16-6-7-19(18(23)12-16)25-10-8-24(9-11-25)15(3)28/h6-7,12,17H,4-5,8-11,13-14H2,1-3H3/t17-/m1/s1. The van der Waals surface area contributed by atoms with Crippen LogP contribution < -0.4 is 9.80 Å². The van der Waals surface area contributed by atoms with Gasteiger partial charge in [0.15, 0.2) is 0 Å². The van der Waals surface area contributed by atoms with Gasteiger partial charge in [0.05, 0.1) is 31.1 Å². The van der Waals surface area contributed by atoms with Gasteiger partial charge in [0.1, 0.15) is 11.9 Å². The highest BCUT2D eigenvalue weighted by atomic mass is 19.1. The zero-order valence-corrected chi connectivity index (χ0v) is 19.1. The molecule has 1 aromatic carbocycles. The van der Waals surface area contributed by atoms with Gasteiger partial charge in [-0.3, -0.25) is 14.5 Å².